The van der Waals surface area contributed by atoms with Gasteiger partial charge in [0, 0.05) is 17.5 Å². The molecular formula is C28H35N3O2S. The minimum absolute atomic E-state index is 0.0218. The largest absolute Gasteiger partial charge is 0.351 e. The van der Waals surface area contributed by atoms with Gasteiger partial charge in [-0.25, -0.2) is 0 Å². The van der Waals surface area contributed by atoms with E-state index in [1.807, 2.05) is 36.1 Å². The van der Waals surface area contributed by atoms with Crippen LogP contribution < -0.4 is 5.32 Å². The average Bonchev–Trinajstić information content (AvgIpc) is 3.41. The third-order valence-corrected chi connectivity index (χ3v) is 8.99. The zero-order chi connectivity index (χ0) is 23.9. The van der Waals surface area contributed by atoms with Crippen LogP contribution in [0.25, 0.3) is 10.2 Å². The molecule has 180 valence electrons. The number of hydrogen-bond acceptors (Lipinski definition) is 3. The Balaban J connectivity index is 1.52. The van der Waals surface area contributed by atoms with E-state index < -0.39 is 5.54 Å². The molecule has 1 N–H and O–H groups in total. The maximum absolute atomic E-state index is 13.9. The molecule has 6 heteroatoms. The van der Waals surface area contributed by atoms with Crippen molar-refractivity contribution in [1.82, 2.24) is 14.8 Å². The van der Waals surface area contributed by atoms with Crippen molar-refractivity contribution < 1.29 is 9.59 Å². The maximum Gasteiger partial charge on any atom is 0.271 e. The summed E-state index contributed by atoms with van der Waals surface area (Å²) < 4.78 is 3.23. The summed E-state index contributed by atoms with van der Waals surface area (Å²) in [5.41, 5.74) is 2.02. The van der Waals surface area contributed by atoms with E-state index in [0.29, 0.717) is 18.8 Å². The number of nitrogens with one attached hydrogen (secondary N) is 1. The number of aryl methyl sites for hydroxylation is 1. The molecule has 2 aromatic heterocycles. The van der Waals surface area contributed by atoms with Crippen molar-refractivity contribution >= 4 is 33.4 Å². The summed E-state index contributed by atoms with van der Waals surface area (Å²) in [6, 6.07) is 14.7. The quantitative estimate of drug-likeness (QED) is 0.493. The predicted octanol–water partition coefficient (Wildman–Crippen LogP) is 5.73. The Morgan fingerprint density at radius 2 is 1.91 bits per heavy atom. The van der Waals surface area contributed by atoms with Crippen LogP contribution in [0, 0.1) is 0 Å². The topological polar surface area (TPSA) is 54.3 Å². The summed E-state index contributed by atoms with van der Waals surface area (Å²) in [6.07, 6.45) is 6.59. The van der Waals surface area contributed by atoms with Crippen molar-refractivity contribution in [3.05, 3.63) is 58.6 Å². The molecule has 3 heterocycles. The first-order valence-corrected chi connectivity index (χ1v) is 13.5. The lowest BCUT2D eigenvalue weighted by molar-refractivity contribution is -0.133. The molecule has 3 aromatic rings. The van der Waals surface area contributed by atoms with Crippen molar-refractivity contribution in [1.29, 1.82) is 0 Å². The number of nitrogens with zero attached hydrogens (tertiary/aromatic N) is 2. The summed E-state index contributed by atoms with van der Waals surface area (Å²) in [5, 5.41) is 3.34. The maximum atomic E-state index is 13.9. The van der Waals surface area contributed by atoms with E-state index in [9.17, 15) is 9.59 Å². The lowest BCUT2D eigenvalue weighted by Gasteiger charge is -2.45. The standard InChI is InChI=1S/C28H35N3O2S/c1-4-22-15-23-25(34-22)16-24-26(32)31(17-19(2)20-11-7-5-8-12-20)28(3,18-30(23)24)27(33)29-21-13-9-6-10-14-21/h5,7-8,11-12,15-16,19,21H,4,6,9-10,13-14,17-18H2,1-3H3,(H,29,33)/t19-,28+/m1/s1. The Morgan fingerprint density at radius 3 is 2.62 bits per heavy atom. The van der Waals surface area contributed by atoms with Crippen LogP contribution in [0.4, 0.5) is 0 Å². The predicted molar refractivity (Wildman–Crippen MR) is 139 cm³/mol. The number of amides is 2. The van der Waals surface area contributed by atoms with Gasteiger partial charge in [0.05, 0.1) is 16.8 Å². The van der Waals surface area contributed by atoms with E-state index >= 15 is 0 Å². The summed E-state index contributed by atoms with van der Waals surface area (Å²) in [4.78, 5) is 31.0. The molecule has 5 rings (SSSR count). The molecule has 1 fully saturated rings. The molecule has 0 radical (unpaired) electrons. The normalized spacial score (nSPS) is 22.1. The number of carbonyl (C=O) groups excluding carboxylic acids is 2. The molecule has 0 saturated heterocycles. The fourth-order valence-corrected chi connectivity index (χ4v) is 6.64. The van der Waals surface area contributed by atoms with Crippen LogP contribution in [0.5, 0.6) is 0 Å². The minimum Gasteiger partial charge on any atom is -0.351 e. The van der Waals surface area contributed by atoms with Gasteiger partial charge in [0.2, 0.25) is 5.91 Å². The average molecular weight is 478 g/mol. The van der Waals surface area contributed by atoms with Gasteiger partial charge in [0.1, 0.15) is 11.2 Å². The van der Waals surface area contributed by atoms with E-state index in [1.54, 1.807) is 11.3 Å². The highest BCUT2D eigenvalue weighted by atomic mass is 32.1. The van der Waals surface area contributed by atoms with Crippen molar-refractivity contribution in [3.8, 4) is 0 Å². The molecular weight excluding hydrogens is 442 g/mol. The second-order valence-corrected chi connectivity index (χ2v) is 11.4. The number of carbonyl (C=O) groups is 2. The zero-order valence-corrected chi connectivity index (χ0v) is 21.3. The molecule has 1 aliphatic heterocycles. The molecule has 2 aliphatic rings. The van der Waals surface area contributed by atoms with Crippen molar-refractivity contribution in [2.75, 3.05) is 6.54 Å². The Kier molecular flexibility index (Phi) is 6.28. The van der Waals surface area contributed by atoms with Crippen LogP contribution in [-0.2, 0) is 17.8 Å². The molecule has 1 saturated carbocycles. The van der Waals surface area contributed by atoms with Crippen molar-refractivity contribution in [2.45, 2.75) is 83.3 Å². The smallest absolute Gasteiger partial charge is 0.271 e. The van der Waals surface area contributed by atoms with Gasteiger partial charge in [0.15, 0.2) is 0 Å². The van der Waals surface area contributed by atoms with Crippen molar-refractivity contribution in [3.63, 3.8) is 0 Å². The molecule has 2 atom stereocenters. The first-order valence-electron chi connectivity index (χ1n) is 12.7. The highest BCUT2D eigenvalue weighted by Crippen LogP contribution is 2.37. The summed E-state index contributed by atoms with van der Waals surface area (Å²) in [5.74, 6) is 0.0597. The lowest BCUT2D eigenvalue weighted by Crippen LogP contribution is -2.65. The Labute approximate surface area is 206 Å². The second-order valence-electron chi connectivity index (χ2n) is 10.2. The first kappa shape index (κ1) is 23.2. The minimum atomic E-state index is -0.940. The number of aromatic nitrogens is 1. The number of benzene rings is 1. The Morgan fingerprint density at radius 1 is 1.18 bits per heavy atom. The Hall–Kier alpha value is -2.60. The third-order valence-electron chi connectivity index (χ3n) is 7.77. The van der Waals surface area contributed by atoms with E-state index in [1.165, 1.54) is 16.9 Å². The van der Waals surface area contributed by atoms with Gasteiger partial charge in [-0.1, -0.05) is 63.4 Å². The SMILES string of the molecule is CCc1cc2c(cc3n2C[C@@](C)(C(=O)NC2CCCCC2)N(C[C@@H](C)c2ccccc2)C3=O)s1. The fraction of sp³-hybridized carbons (Fsp3) is 0.500. The van der Waals surface area contributed by atoms with Gasteiger partial charge in [-0.15, -0.1) is 11.3 Å². The highest BCUT2D eigenvalue weighted by Gasteiger charge is 2.48. The summed E-state index contributed by atoms with van der Waals surface area (Å²) in [6.45, 7) is 7.25. The summed E-state index contributed by atoms with van der Waals surface area (Å²) >= 11 is 1.75. The number of thiophene rings is 1. The van der Waals surface area contributed by atoms with Gasteiger partial charge < -0.3 is 14.8 Å². The van der Waals surface area contributed by atoms with Crippen LogP contribution in [0.3, 0.4) is 0 Å². The number of fused-ring (bicyclic) bond motifs is 3. The first-order chi connectivity index (χ1) is 16.4. The van der Waals surface area contributed by atoms with Crippen molar-refractivity contribution in [2.24, 2.45) is 0 Å². The van der Waals surface area contributed by atoms with E-state index in [2.05, 4.69) is 41.9 Å². The van der Waals surface area contributed by atoms with Crippen LogP contribution >= 0.6 is 11.3 Å². The third kappa shape index (κ3) is 4.06. The number of rotatable bonds is 6. The molecule has 1 aliphatic carbocycles. The molecule has 2 amide bonds. The summed E-state index contributed by atoms with van der Waals surface area (Å²) in [7, 11) is 0. The lowest BCUT2D eigenvalue weighted by atomic mass is 9.89. The van der Waals surface area contributed by atoms with Crippen LogP contribution in [0.15, 0.2) is 42.5 Å². The highest BCUT2D eigenvalue weighted by molar-refractivity contribution is 7.19. The van der Waals surface area contributed by atoms with Gasteiger partial charge in [-0.2, -0.15) is 0 Å². The van der Waals surface area contributed by atoms with Gasteiger partial charge in [-0.3, -0.25) is 9.59 Å². The number of hydrogen-bond donors (Lipinski definition) is 1. The van der Waals surface area contributed by atoms with Crippen LogP contribution in [-0.4, -0.2) is 39.4 Å². The second kappa shape index (κ2) is 9.21. The zero-order valence-electron chi connectivity index (χ0n) is 20.5. The molecule has 0 unspecified atom stereocenters. The fourth-order valence-electron chi connectivity index (χ4n) is 5.60. The van der Waals surface area contributed by atoms with E-state index in [-0.39, 0.29) is 23.8 Å². The molecule has 5 nitrogen and oxygen atoms in total. The molecule has 0 bridgehead atoms. The Bertz CT molecular complexity index is 1190. The monoisotopic (exact) mass is 477 g/mol. The van der Waals surface area contributed by atoms with E-state index in [0.717, 1.165) is 42.3 Å². The van der Waals surface area contributed by atoms with Crippen LogP contribution in [0.2, 0.25) is 0 Å². The van der Waals surface area contributed by atoms with E-state index in [4.69, 9.17) is 0 Å². The molecule has 0 spiro atoms. The van der Waals surface area contributed by atoms with Gasteiger partial charge in [0.25, 0.3) is 5.91 Å². The molecule has 1 aromatic carbocycles. The van der Waals surface area contributed by atoms with Gasteiger partial charge in [-0.05, 0) is 49.8 Å². The van der Waals surface area contributed by atoms with Crippen LogP contribution in [0.1, 0.15) is 79.7 Å². The molecule has 34 heavy (non-hydrogen) atoms. The van der Waals surface area contributed by atoms with Gasteiger partial charge >= 0.3 is 0 Å².